The second kappa shape index (κ2) is 3.64. The molecule has 1 aliphatic heterocycles. The third-order valence-electron chi connectivity index (χ3n) is 2.42. The third-order valence-corrected chi connectivity index (χ3v) is 2.63. The van der Waals surface area contributed by atoms with Crippen LogP contribution in [0.25, 0.3) is 0 Å². The lowest BCUT2D eigenvalue weighted by atomic mass is 9.98. The highest BCUT2D eigenvalue weighted by atomic mass is 35.5. The van der Waals surface area contributed by atoms with Gasteiger partial charge in [0.25, 0.3) is 0 Å². The van der Waals surface area contributed by atoms with Crippen LogP contribution in [-0.2, 0) is 0 Å². The normalized spacial score (nSPS) is 22.2. The molecule has 0 aliphatic carbocycles. The van der Waals surface area contributed by atoms with Gasteiger partial charge in [0.2, 0.25) is 0 Å². The van der Waals surface area contributed by atoms with Crippen molar-refractivity contribution in [2.24, 2.45) is 0 Å². The zero-order chi connectivity index (χ0) is 9.26. The molecule has 0 bridgehead atoms. The van der Waals surface area contributed by atoms with Crippen LogP contribution in [0.2, 0.25) is 5.02 Å². The van der Waals surface area contributed by atoms with Crippen molar-refractivity contribution < 1.29 is 4.39 Å². The molecule has 0 saturated carbocycles. The number of nitrogens with one attached hydrogen (secondary N) is 1. The first-order valence-electron chi connectivity index (χ1n) is 4.42. The molecule has 0 radical (unpaired) electrons. The van der Waals surface area contributed by atoms with Gasteiger partial charge < -0.3 is 5.32 Å². The van der Waals surface area contributed by atoms with Crippen LogP contribution >= 0.6 is 11.6 Å². The average Bonchev–Trinajstić information content (AvgIpc) is 2.53. The average molecular weight is 200 g/mol. The van der Waals surface area contributed by atoms with Gasteiger partial charge in [-0.25, -0.2) is 4.39 Å². The monoisotopic (exact) mass is 199 g/mol. The molecule has 0 aromatic heterocycles. The predicted molar refractivity (Wildman–Crippen MR) is 51.6 cm³/mol. The van der Waals surface area contributed by atoms with Crippen LogP contribution in [0.3, 0.4) is 0 Å². The van der Waals surface area contributed by atoms with Gasteiger partial charge in [-0.05, 0) is 42.6 Å². The zero-order valence-electron chi connectivity index (χ0n) is 7.19. The van der Waals surface area contributed by atoms with E-state index in [1.807, 2.05) is 6.07 Å². The highest BCUT2D eigenvalue weighted by Gasteiger charge is 2.17. The third kappa shape index (κ3) is 2.01. The molecule has 1 atom stereocenters. The van der Waals surface area contributed by atoms with Gasteiger partial charge in [-0.15, -0.1) is 0 Å². The van der Waals surface area contributed by atoms with E-state index in [0.717, 1.165) is 25.1 Å². The molecule has 0 spiro atoms. The molecule has 70 valence electrons. The SMILES string of the molecule is Fc1cc(Cl)cc(C2CCNC2)c1. The van der Waals surface area contributed by atoms with Gasteiger partial charge in [0, 0.05) is 11.6 Å². The summed E-state index contributed by atoms with van der Waals surface area (Å²) < 4.78 is 13.0. The van der Waals surface area contributed by atoms with Crippen molar-refractivity contribution in [3.63, 3.8) is 0 Å². The summed E-state index contributed by atoms with van der Waals surface area (Å²) in [5.74, 6) is 0.183. The zero-order valence-corrected chi connectivity index (χ0v) is 7.94. The van der Waals surface area contributed by atoms with Crippen LogP contribution in [0, 0.1) is 5.82 Å². The predicted octanol–water partition coefficient (Wildman–Crippen LogP) is 2.56. The Morgan fingerprint density at radius 2 is 2.23 bits per heavy atom. The lowest BCUT2D eigenvalue weighted by Gasteiger charge is -2.08. The first-order valence-corrected chi connectivity index (χ1v) is 4.80. The van der Waals surface area contributed by atoms with E-state index in [4.69, 9.17) is 11.6 Å². The molecule has 3 heteroatoms. The highest BCUT2D eigenvalue weighted by Crippen LogP contribution is 2.25. The van der Waals surface area contributed by atoms with E-state index in [2.05, 4.69) is 5.32 Å². The molecule has 1 unspecified atom stereocenters. The van der Waals surface area contributed by atoms with Gasteiger partial charge in [0.05, 0.1) is 0 Å². The van der Waals surface area contributed by atoms with E-state index in [0.29, 0.717) is 10.9 Å². The summed E-state index contributed by atoms with van der Waals surface area (Å²) in [5.41, 5.74) is 1.01. The molecule has 1 heterocycles. The summed E-state index contributed by atoms with van der Waals surface area (Å²) in [6.07, 6.45) is 1.07. The minimum Gasteiger partial charge on any atom is -0.316 e. The van der Waals surface area contributed by atoms with Crippen LogP contribution in [0.1, 0.15) is 17.9 Å². The smallest absolute Gasteiger partial charge is 0.124 e. The van der Waals surface area contributed by atoms with E-state index in [9.17, 15) is 4.39 Å². The maximum absolute atomic E-state index is 13.0. The largest absolute Gasteiger partial charge is 0.316 e. The number of hydrogen-bond donors (Lipinski definition) is 1. The van der Waals surface area contributed by atoms with Crippen molar-refractivity contribution in [3.05, 3.63) is 34.6 Å². The maximum atomic E-state index is 13.0. The fourth-order valence-electron chi connectivity index (χ4n) is 1.75. The van der Waals surface area contributed by atoms with E-state index in [1.165, 1.54) is 6.07 Å². The van der Waals surface area contributed by atoms with Crippen molar-refractivity contribution in [1.29, 1.82) is 0 Å². The number of rotatable bonds is 1. The minimum atomic E-state index is -0.241. The number of hydrogen-bond acceptors (Lipinski definition) is 1. The maximum Gasteiger partial charge on any atom is 0.124 e. The standard InChI is InChI=1S/C10H11ClFN/c11-9-3-8(4-10(12)5-9)7-1-2-13-6-7/h3-5,7,13H,1-2,6H2. The van der Waals surface area contributed by atoms with Crippen LogP contribution in [0.5, 0.6) is 0 Å². The quantitative estimate of drug-likeness (QED) is 0.733. The summed E-state index contributed by atoms with van der Waals surface area (Å²) in [4.78, 5) is 0. The Morgan fingerprint density at radius 3 is 2.85 bits per heavy atom. The van der Waals surface area contributed by atoms with Crippen LogP contribution in [0.15, 0.2) is 18.2 Å². The molecule has 1 aromatic carbocycles. The van der Waals surface area contributed by atoms with Crippen molar-refractivity contribution in [3.8, 4) is 0 Å². The number of halogens is 2. The van der Waals surface area contributed by atoms with Crippen LogP contribution in [-0.4, -0.2) is 13.1 Å². The summed E-state index contributed by atoms with van der Waals surface area (Å²) in [6, 6.07) is 4.76. The Balaban J connectivity index is 2.28. The molecule has 1 fully saturated rings. The van der Waals surface area contributed by atoms with E-state index >= 15 is 0 Å². The van der Waals surface area contributed by atoms with Crippen LogP contribution < -0.4 is 5.32 Å². The minimum absolute atomic E-state index is 0.241. The van der Waals surface area contributed by atoms with Crippen molar-refractivity contribution in [2.75, 3.05) is 13.1 Å². The van der Waals surface area contributed by atoms with Gasteiger partial charge in [-0.2, -0.15) is 0 Å². The molecule has 1 aromatic rings. The first kappa shape index (κ1) is 8.97. The van der Waals surface area contributed by atoms with Gasteiger partial charge in [-0.1, -0.05) is 11.6 Å². The van der Waals surface area contributed by atoms with E-state index in [1.54, 1.807) is 6.07 Å². The van der Waals surface area contributed by atoms with E-state index < -0.39 is 0 Å². The first-order chi connectivity index (χ1) is 6.25. The second-order valence-corrected chi connectivity index (χ2v) is 3.83. The van der Waals surface area contributed by atoms with Crippen LogP contribution in [0.4, 0.5) is 4.39 Å². The molecule has 1 nitrogen and oxygen atoms in total. The number of benzene rings is 1. The van der Waals surface area contributed by atoms with Crippen molar-refractivity contribution in [1.82, 2.24) is 5.32 Å². The Morgan fingerprint density at radius 1 is 1.38 bits per heavy atom. The van der Waals surface area contributed by atoms with Crippen molar-refractivity contribution >= 4 is 11.6 Å². The Kier molecular flexibility index (Phi) is 2.51. The Labute approximate surface area is 81.9 Å². The van der Waals surface area contributed by atoms with Gasteiger partial charge in [-0.3, -0.25) is 0 Å². The lowest BCUT2D eigenvalue weighted by Crippen LogP contribution is -2.08. The fraction of sp³-hybridized carbons (Fsp3) is 0.400. The fourth-order valence-corrected chi connectivity index (χ4v) is 1.98. The molecular formula is C10H11ClFN. The summed E-state index contributed by atoms with van der Waals surface area (Å²) in [5, 5.41) is 3.73. The van der Waals surface area contributed by atoms with Gasteiger partial charge in [0.1, 0.15) is 5.82 Å². The lowest BCUT2D eigenvalue weighted by molar-refractivity contribution is 0.621. The molecule has 1 aliphatic rings. The van der Waals surface area contributed by atoms with Crippen molar-refractivity contribution in [2.45, 2.75) is 12.3 Å². The molecule has 1 N–H and O–H groups in total. The molecular weight excluding hydrogens is 189 g/mol. The molecule has 0 amide bonds. The summed E-state index contributed by atoms with van der Waals surface area (Å²) in [6.45, 7) is 1.94. The Bertz CT molecular complexity index is 288. The molecule has 13 heavy (non-hydrogen) atoms. The van der Waals surface area contributed by atoms with E-state index in [-0.39, 0.29) is 5.82 Å². The Hall–Kier alpha value is -0.600. The molecule has 2 rings (SSSR count). The summed E-state index contributed by atoms with van der Waals surface area (Å²) in [7, 11) is 0. The topological polar surface area (TPSA) is 12.0 Å². The second-order valence-electron chi connectivity index (χ2n) is 3.39. The van der Waals surface area contributed by atoms with Gasteiger partial charge in [0.15, 0.2) is 0 Å². The summed E-state index contributed by atoms with van der Waals surface area (Å²) >= 11 is 5.77. The molecule has 1 saturated heterocycles. The van der Waals surface area contributed by atoms with Gasteiger partial charge >= 0.3 is 0 Å². The highest BCUT2D eigenvalue weighted by molar-refractivity contribution is 6.30.